The van der Waals surface area contributed by atoms with Crippen molar-refractivity contribution >= 4 is 0 Å². The second-order valence-electron chi connectivity index (χ2n) is 3.78. The van der Waals surface area contributed by atoms with E-state index in [-0.39, 0.29) is 0 Å². The third-order valence-electron chi connectivity index (χ3n) is 2.51. The standard InChI is InChI=1S/C12H15N/c1-10(2)12-9-13(12)8-11-6-4-3-5-7-11/h3-7,12H,1,8-9H2,2H3. The summed E-state index contributed by atoms with van der Waals surface area (Å²) in [5, 5.41) is 0. The van der Waals surface area contributed by atoms with Crippen LogP contribution in [0.4, 0.5) is 0 Å². The van der Waals surface area contributed by atoms with Crippen molar-refractivity contribution in [2.24, 2.45) is 0 Å². The summed E-state index contributed by atoms with van der Waals surface area (Å²) < 4.78 is 0. The van der Waals surface area contributed by atoms with Crippen LogP contribution in [0.15, 0.2) is 42.5 Å². The topological polar surface area (TPSA) is 3.01 Å². The SMILES string of the molecule is C=C(C)C1CN1Cc1ccccc1. The highest BCUT2D eigenvalue weighted by Gasteiger charge is 2.33. The number of nitrogens with zero attached hydrogens (tertiary/aromatic N) is 1. The van der Waals surface area contributed by atoms with E-state index < -0.39 is 0 Å². The lowest BCUT2D eigenvalue weighted by Crippen LogP contribution is -2.02. The molecule has 1 aliphatic rings. The van der Waals surface area contributed by atoms with Gasteiger partial charge >= 0.3 is 0 Å². The Bertz CT molecular complexity index is 302. The summed E-state index contributed by atoms with van der Waals surface area (Å²) in [7, 11) is 0. The van der Waals surface area contributed by atoms with Crippen LogP contribution in [0.2, 0.25) is 0 Å². The van der Waals surface area contributed by atoms with Crippen molar-refractivity contribution in [2.75, 3.05) is 6.54 Å². The van der Waals surface area contributed by atoms with Gasteiger partial charge in [0, 0.05) is 19.1 Å². The minimum atomic E-state index is 0.639. The molecule has 2 atom stereocenters. The zero-order valence-electron chi connectivity index (χ0n) is 8.03. The highest BCUT2D eigenvalue weighted by molar-refractivity contribution is 5.19. The lowest BCUT2D eigenvalue weighted by molar-refractivity contribution is 0.522. The molecule has 1 saturated heterocycles. The largest absolute Gasteiger partial charge is 0.289 e. The molecule has 1 aromatic rings. The first-order chi connectivity index (χ1) is 6.27. The zero-order chi connectivity index (χ0) is 9.26. The summed E-state index contributed by atoms with van der Waals surface area (Å²) in [6.45, 7) is 8.33. The van der Waals surface area contributed by atoms with E-state index in [9.17, 15) is 0 Å². The first kappa shape index (κ1) is 8.52. The van der Waals surface area contributed by atoms with Gasteiger partial charge in [0.1, 0.15) is 0 Å². The van der Waals surface area contributed by atoms with Gasteiger partial charge in [-0.2, -0.15) is 0 Å². The van der Waals surface area contributed by atoms with Crippen molar-refractivity contribution in [1.82, 2.24) is 4.90 Å². The molecule has 68 valence electrons. The van der Waals surface area contributed by atoms with E-state index >= 15 is 0 Å². The van der Waals surface area contributed by atoms with Crippen molar-refractivity contribution in [3.63, 3.8) is 0 Å². The number of hydrogen-bond donors (Lipinski definition) is 0. The molecular weight excluding hydrogens is 158 g/mol. The molecule has 1 heterocycles. The van der Waals surface area contributed by atoms with Crippen molar-refractivity contribution in [1.29, 1.82) is 0 Å². The van der Waals surface area contributed by atoms with Crippen molar-refractivity contribution in [3.05, 3.63) is 48.0 Å². The second-order valence-corrected chi connectivity index (χ2v) is 3.78. The summed E-state index contributed by atoms with van der Waals surface area (Å²) >= 11 is 0. The third kappa shape index (κ3) is 1.99. The second kappa shape index (κ2) is 3.35. The van der Waals surface area contributed by atoms with Gasteiger partial charge in [-0.1, -0.05) is 42.5 Å². The number of hydrogen-bond acceptors (Lipinski definition) is 1. The normalized spacial score (nSPS) is 25.6. The quantitative estimate of drug-likeness (QED) is 0.501. The number of benzene rings is 1. The molecule has 1 aliphatic heterocycles. The Morgan fingerprint density at radius 2 is 2.15 bits per heavy atom. The Morgan fingerprint density at radius 3 is 2.69 bits per heavy atom. The maximum absolute atomic E-state index is 3.97. The molecule has 0 amide bonds. The van der Waals surface area contributed by atoms with Gasteiger partial charge in [0.05, 0.1) is 0 Å². The molecule has 1 aromatic carbocycles. The van der Waals surface area contributed by atoms with Crippen LogP contribution in [0, 0.1) is 0 Å². The fourth-order valence-corrected chi connectivity index (χ4v) is 1.64. The van der Waals surface area contributed by atoms with E-state index in [2.05, 4.69) is 48.7 Å². The van der Waals surface area contributed by atoms with Crippen LogP contribution in [0.3, 0.4) is 0 Å². The van der Waals surface area contributed by atoms with Gasteiger partial charge < -0.3 is 0 Å². The molecule has 1 fully saturated rings. The monoisotopic (exact) mass is 173 g/mol. The summed E-state index contributed by atoms with van der Waals surface area (Å²) in [6.07, 6.45) is 0. The fraction of sp³-hybridized carbons (Fsp3) is 0.333. The van der Waals surface area contributed by atoms with Gasteiger partial charge in [-0.25, -0.2) is 0 Å². The van der Waals surface area contributed by atoms with Gasteiger partial charge in [-0.3, -0.25) is 4.90 Å². The zero-order valence-corrected chi connectivity index (χ0v) is 8.03. The molecule has 1 heteroatoms. The minimum absolute atomic E-state index is 0.639. The van der Waals surface area contributed by atoms with E-state index in [1.54, 1.807) is 0 Å². The highest BCUT2D eigenvalue weighted by atomic mass is 15.3. The van der Waals surface area contributed by atoms with Gasteiger partial charge in [-0.05, 0) is 12.5 Å². The molecule has 1 nitrogen and oxygen atoms in total. The van der Waals surface area contributed by atoms with Crippen LogP contribution < -0.4 is 0 Å². The fourth-order valence-electron chi connectivity index (χ4n) is 1.64. The Balaban J connectivity index is 1.92. The Hall–Kier alpha value is -1.08. The lowest BCUT2D eigenvalue weighted by atomic mass is 10.2. The smallest absolute Gasteiger partial charge is 0.0434 e. The Morgan fingerprint density at radius 1 is 1.46 bits per heavy atom. The molecule has 0 aromatic heterocycles. The van der Waals surface area contributed by atoms with Crippen molar-refractivity contribution in [3.8, 4) is 0 Å². The van der Waals surface area contributed by atoms with Crippen LogP contribution in [-0.2, 0) is 6.54 Å². The minimum Gasteiger partial charge on any atom is -0.289 e. The molecular formula is C12H15N. The summed E-state index contributed by atoms with van der Waals surface area (Å²) in [5.41, 5.74) is 2.68. The van der Waals surface area contributed by atoms with Crippen molar-refractivity contribution < 1.29 is 0 Å². The molecule has 13 heavy (non-hydrogen) atoms. The van der Waals surface area contributed by atoms with Gasteiger partial charge in [0.2, 0.25) is 0 Å². The van der Waals surface area contributed by atoms with Gasteiger partial charge in [0.15, 0.2) is 0 Å². The van der Waals surface area contributed by atoms with Crippen LogP contribution >= 0.6 is 0 Å². The summed E-state index contributed by atoms with van der Waals surface area (Å²) in [6, 6.07) is 11.2. The van der Waals surface area contributed by atoms with Gasteiger partial charge in [0.25, 0.3) is 0 Å². The van der Waals surface area contributed by atoms with E-state index in [1.165, 1.54) is 17.7 Å². The molecule has 0 aliphatic carbocycles. The van der Waals surface area contributed by atoms with E-state index in [4.69, 9.17) is 0 Å². The maximum Gasteiger partial charge on any atom is 0.0434 e. The van der Waals surface area contributed by atoms with Crippen LogP contribution in [0.1, 0.15) is 12.5 Å². The highest BCUT2D eigenvalue weighted by Crippen LogP contribution is 2.25. The Kier molecular flexibility index (Phi) is 2.19. The molecule has 0 bridgehead atoms. The molecule has 0 radical (unpaired) electrons. The molecule has 0 N–H and O–H groups in total. The maximum atomic E-state index is 3.97. The molecule has 0 saturated carbocycles. The molecule has 0 spiro atoms. The molecule has 2 rings (SSSR count). The molecule has 2 unspecified atom stereocenters. The summed E-state index contributed by atoms with van der Waals surface area (Å²) in [4.78, 5) is 2.43. The van der Waals surface area contributed by atoms with Crippen molar-refractivity contribution in [2.45, 2.75) is 19.5 Å². The Labute approximate surface area is 79.7 Å². The predicted molar refractivity (Wildman–Crippen MR) is 55.5 cm³/mol. The van der Waals surface area contributed by atoms with E-state index in [0.717, 1.165) is 6.54 Å². The van der Waals surface area contributed by atoms with E-state index in [0.29, 0.717) is 6.04 Å². The van der Waals surface area contributed by atoms with Crippen LogP contribution in [0.25, 0.3) is 0 Å². The predicted octanol–water partition coefficient (Wildman–Crippen LogP) is 2.45. The van der Waals surface area contributed by atoms with Crippen LogP contribution in [-0.4, -0.2) is 17.5 Å². The number of rotatable bonds is 3. The first-order valence-corrected chi connectivity index (χ1v) is 4.71. The average molecular weight is 173 g/mol. The van der Waals surface area contributed by atoms with Gasteiger partial charge in [-0.15, -0.1) is 0 Å². The van der Waals surface area contributed by atoms with Crippen LogP contribution in [0.5, 0.6) is 0 Å². The average Bonchev–Trinajstić information content (AvgIpc) is 2.86. The lowest BCUT2D eigenvalue weighted by Gasteiger charge is -2.02. The summed E-state index contributed by atoms with van der Waals surface area (Å²) in [5.74, 6) is 0. The third-order valence-corrected chi connectivity index (χ3v) is 2.51. The first-order valence-electron chi connectivity index (χ1n) is 4.71. The van der Waals surface area contributed by atoms with E-state index in [1.807, 2.05) is 0 Å².